The molecule has 0 aliphatic carbocycles. The summed E-state index contributed by atoms with van der Waals surface area (Å²) < 4.78 is 16.3. The van der Waals surface area contributed by atoms with Crippen LogP contribution in [-0.2, 0) is 9.53 Å². The van der Waals surface area contributed by atoms with Gasteiger partial charge in [-0.2, -0.15) is 5.26 Å². The first-order valence-corrected chi connectivity index (χ1v) is 8.22. The second kappa shape index (κ2) is 7.86. The Bertz CT molecular complexity index is 755. The molecular formula is C19H20N2O4. The Morgan fingerprint density at radius 2 is 2.40 bits per heavy atom. The van der Waals surface area contributed by atoms with Crippen molar-refractivity contribution < 1.29 is 19.0 Å². The van der Waals surface area contributed by atoms with Crippen molar-refractivity contribution in [2.45, 2.75) is 18.9 Å². The van der Waals surface area contributed by atoms with E-state index in [1.165, 1.54) is 0 Å². The molecule has 3 rings (SSSR count). The number of hydrogen-bond donors (Lipinski definition) is 1. The Kier molecular flexibility index (Phi) is 5.36. The minimum absolute atomic E-state index is 0.0444. The van der Waals surface area contributed by atoms with Gasteiger partial charge >= 0.3 is 0 Å². The summed E-state index contributed by atoms with van der Waals surface area (Å²) >= 11 is 0. The number of methoxy groups -OCH3 is 1. The van der Waals surface area contributed by atoms with E-state index in [0.29, 0.717) is 13.2 Å². The van der Waals surface area contributed by atoms with Crippen molar-refractivity contribution in [3.63, 3.8) is 0 Å². The van der Waals surface area contributed by atoms with Crippen LogP contribution >= 0.6 is 0 Å². The molecule has 0 bridgehead atoms. The van der Waals surface area contributed by atoms with Crippen LogP contribution in [0.5, 0.6) is 11.5 Å². The molecule has 2 aliphatic heterocycles. The van der Waals surface area contributed by atoms with Crippen molar-refractivity contribution in [2.75, 3.05) is 26.9 Å². The smallest absolute Gasteiger partial charge is 0.262 e. The molecule has 1 aromatic rings. The largest absolute Gasteiger partial charge is 0.497 e. The molecule has 0 radical (unpaired) electrons. The van der Waals surface area contributed by atoms with Gasteiger partial charge in [-0.05, 0) is 42.7 Å². The summed E-state index contributed by atoms with van der Waals surface area (Å²) in [6.45, 7) is 1.45. The fourth-order valence-corrected chi connectivity index (χ4v) is 2.81. The van der Waals surface area contributed by atoms with E-state index in [2.05, 4.69) is 5.32 Å². The minimum atomic E-state index is -0.389. The molecule has 2 aliphatic rings. The lowest BCUT2D eigenvalue weighted by atomic mass is 10.0. The third kappa shape index (κ3) is 4.20. The number of amides is 1. The van der Waals surface area contributed by atoms with Crippen LogP contribution in [0.3, 0.4) is 0 Å². The first-order chi connectivity index (χ1) is 12.2. The van der Waals surface area contributed by atoms with Crippen molar-refractivity contribution in [3.05, 3.63) is 41.0 Å². The quantitative estimate of drug-likeness (QED) is 0.657. The molecule has 1 aromatic carbocycles. The molecule has 0 saturated carbocycles. The van der Waals surface area contributed by atoms with Crippen LogP contribution in [0.4, 0.5) is 0 Å². The van der Waals surface area contributed by atoms with Crippen molar-refractivity contribution in [1.82, 2.24) is 5.32 Å². The number of hydrogen-bond acceptors (Lipinski definition) is 5. The van der Waals surface area contributed by atoms with E-state index in [1.807, 2.05) is 30.3 Å². The molecule has 1 N–H and O–H groups in total. The average Bonchev–Trinajstić information content (AvgIpc) is 3.17. The molecule has 6 nitrogen and oxygen atoms in total. The highest BCUT2D eigenvalue weighted by molar-refractivity contribution is 5.98. The first kappa shape index (κ1) is 17.1. The van der Waals surface area contributed by atoms with Crippen LogP contribution in [0.2, 0.25) is 0 Å². The zero-order chi connectivity index (χ0) is 17.6. The lowest BCUT2D eigenvalue weighted by Gasteiger charge is -2.17. The summed E-state index contributed by atoms with van der Waals surface area (Å²) in [5, 5.41) is 12.0. The van der Waals surface area contributed by atoms with E-state index in [-0.39, 0.29) is 17.6 Å². The van der Waals surface area contributed by atoms with Gasteiger partial charge in [-0.25, -0.2) is 0 Å². The zero-order valence-electron chi connectivity index (χ0n) is 14.1. The lowest BCUT2D eigenvalue weighted by molar-refractivity contribution is -0.117. The second-order valence-electron chi connectivity index (χ2n) is 5.93. The van der Waals surface area contributed by atoms with E-state index < -0.39 is 0 Å². The van der Waals surface area contributed by atoms with Crippen molar-refractivity contribution in [2.24, 2.45) is 0 Å². The monoisotopic (exact) mass is 340 g/mol. The van der Waals surface area contributed by atoms with Gasteiger partial charge in [0.2, 0.25) is 0 Å². The average molecular weight is 340 g/mol. The maximum atomic E-state index is 12.2. The van der Waals surface area contributed by atoms with Gasteiger partial charge in [0, 0.05) is 24.8 Å². The Morgan fingerprint density at radius 3 is 3.12 bits per heavy atom. The number of rotatable bonds is 5. The molecule has 1 unspecified atom stereocenters. The number of fused-ring (bicyclic) bond motifs is 1. The van der Waals surface area contributed by atoms with Gasteiger partial charge in [0.15, 0.2) is 0 Å². The highest BCUT2D eigenvalue weighted by Crippen LogP contribution is 2.30. The Labute approximate surface area is 146 Å². The van der Waals surface area contributed by atoms with Gasteiger partial charge in [0.05, 0.1) is 13.2 Å². The van der Waals surface area contributed by atoms with Gasteiger partial charge in [-0.15, -0.1) is 0 Å². The number of benzene rings is 1. The van der Waals surface area contributed by atoms with Gasteiger partial charge < -0.3 is 19.5 Å². The summed E-state index contributed by atoms with van der Waals surface area (Å²) in [7, 11) is 1.60. The summed E-state index contributed by atoms with van der Waals surface area (Å²) in [6, 6.07) is 7.49. The Balaban J connectivity index is 1.69. The van der Waals surface area contributed by atoms with Gasteiger partial charge in [-0.1, -0.05) is 0 Å². The predicted molar refractivity (Wildman–Crippen MR) is 92.1 cm³/mol. The SMILES string of the molecule is COc1ccc2c(c1)OCC(/C=C(\C#N)C(=O)NCC1CCCO1)=C2. The standard InChI is InChI=1S/C19H20N2O4/c1-23-16-5-4-14-7-13(12-25-18(14)9-16)8-15(10-20)19(22)21-11-17-3-2-6-24-17/h4-5,7-9,17H,2-3,6,11-12H2,1H3,(H,21,22)/b15-8+. The highest BCUT2D eigenvalue weighted by Gasteiger charge is 2.18. The number of nitrogens with zero attached hydrogens (tertiary/aromatic N) is 1. The summed E-state index contributed by atoms with van der Waals surface area (Å²) in [5.74, 6) is 1.05. The molecule has 2 heterocycles. The van der Waals surface area contributed by atoms with Crippen molar-refractivity contribution in [1.29, 1.82) is 5.26 Å². The Morgan fingerprint density at radius 1 is 1.52 bits per heavy atom. The topological polar surface area (TPSA) is 80.6 Å². The Hall–Kier alpha value is -2.78. The number of nitriles is 1. The summed E-state index contributed by atoms with van der Waals surface area (Å²) in [4.78, 5) is 12.2. The van der Waals surface area contributed by atoms with E-state index in [0.717, 1.165) is 42.1 Å². The second-order valence-corrected chi connectivity index (χ2v) is 5.93. The molecule has 0 aromatic heterocycles. The molecule has 1 atom stereocenters. The first-order valence-electron chi connectivity index (χ1n) is 8.22. The van der Waals surface area contributed by atoms with Gasteiger partial charge in [0.1, 0.15) is 29.7 Å². The third-order valence-electron chi connectivity index (χ3n) is 4.17. The van der Waals surface area contributed by atoms with Crippen molar-refractivity contribution >= 4 is 12.0 Å². The molecule has 1 amide bonds. The van der Waals surface area contributed by atoms with Crippen LogP contribution in [0.15, 0.2) is 35.4 Å². The van der Waals surface area contributed by atoms with Crippen LogP contribution in [0.25, 0.3) is 6.08 Å². The van der Waals surface area contributed by atoms with Crippen LogP contribution < -0.4 is 14.8 Å². The maximum absolute atomic E-state index is 12.2. The highest BCUT2D eigenvalue weighted by atomic mass is 16.5. The van der Waals surface area contributed by atoms with Crippen molar-refractivity contribution in [3.8, 4) is 17.6 Å². The van der Waals surface area contributed by atoms with Crippen LogP contribution in [0.1, 0.15) is 18.4 Å². The van der Waals surface area contributed by atoms with E-state index in [4.69, 9.17) is 14.2 Å². The van der Waals surface area contributed by atoms with E-state index in [9.17, 15) is 10.1 Å². The number of carbonyl (C=O) groups excluding carboxylic acids is 1. The van der Waals surface area contributed by atoms with E-state index in [1.54, 1.807) is 13.2 Å². The number of carbonyl (C=O) groups is 1. The molecule has 1 fully saturated rings. The predicted octanol–water partition coefficient (Wildman–Crippen LogP) is 2.22. The molecule has 6 heteroatoms. The molecule has 130 valence electrons. The fraction of sp³-hybridized carbons (Fsp3) is 0.368. The summed E-state index contributed by atoms with van der Waals surface area (Å²) in [6.07, 6.45) is 5.46. The number of ether oxygens (including phenoxy) is 3. The minimum Gasteiger partial charge on any atom is -0.497 e. The van der Waals surface area contributed by atoms with Gasteiger partial charge in [0.25, 0.3) is 5.91 Å². The molecule has 0 spiro atoms. The van der Waals surface area contributed by atoms with Gasteiger partial charge in [-0.3, -0.25) is 4.79 Å². The lowest BCUT2D eigenvalue weighted by Crippen LogP contribution is -2.32. The molecule has 1 saturated heterocycles. The normalized spacial score (nSPS) is 19.3. The fourth-order valence-electron chi connectivity index (χ4n) is 2.81. The molecule has 25 heavy (non-hydrogen) atoms. The molecular weight excluding hydrogens is 320 g/mol. The third-order valence-corrected chi connectivity index (χ3v) is 4.17. The summed E-state index contributed by atoms with van der Waals surface area (Å²) in [5.41, 5.74) is 1.71. The van der Waals surface area contributed by atoms with E-state index >= 15 is 0 Å². The number of nitrogens with one attached hydrogen (secondary N) is 1. The van der Waals surface area contributed by atoms with Crippen LogP contribution in [0, 0.1) is 11.3 Å². The maximum Gasteiger partial charge on any atom is 0.262 e. The van der Waals surface area contributed by atoms with Crippen LogP contribution in [-0.4, -0.2) is 38.9 Å². The zero-order valence-corrected chi connectivity index (χ0v) is 14.1.